The number of benzene rings is 3. The van der Waals surface area contributed by atoms with Gasteiger partial charge in [0.05, 0.1) is 8.07 Å². The van der Waals surface area contributed by atoms with Crippen molar-refractivity contribution in [2.45, 2.75) is 13.1 Å². The largest absolute Gasteiger partial charge is 0.359 e. The monoisotopic (exact) mass is 658 g/mol. The second-order valence-corrected chi connectivity index (χ2v) is 13.4. The molecule has 0 bridgehead atoms. The van der Waals surface area contributed by atoms with E-state index < -0.39 is 8.07 Å². The first-order chi connectivity index (χ1) is 17.1. The minimum absolute atomic E-state index is 0. The Balaban J connectivity index is 0.000000175. The van der Waals surface area contributed by atoms with E-state index >= 15 is 0 Å². The maximum Gasteiger partial charge on any atom is 0.0876 e. The Morgan fingerprint density at radius 1 is 0.694 bits per heavy atom. The molecular weight excluding hydrogens is 635 g/mol. The topological polar surface area (TPSA) is 38.7 Å². The molecule has 1 radical (unpaired) electrons. The van der Waals surface area contributed by atoms with Crippen LogP contribution in [0.1, 0.15) is 0 Å². The van der Waals surface area contributed by atoms with Gasteiger partial charge in [0.15, 0.2) is 0 Å². The van der Waals surface area contributed by atoms with Crippen molar-refractivity contribution < 1.29 is 20.1 Å². The van der Waals surface area contributed by atoms with Gasteiger partial charge in [-0.25, -0.2) is 0 Å². The Morgan fingerprint density at radius 2 is 1.53 bits per heavy atom. The zero-order valence-corrected chi connectivity index (χ0v) is 23.4. The summed E-state index contributed by atoms with van der Waals surface area (Å²) in [5, 5.41) is 7.84. The van der Waals surface area contributed by atoms with Gasteiger partial charge in [-0.1, -0.05) is 66.9 Å². The molecule has 1 aliphatic rings. The molecule has 36 heavy (non-hydrogen) atoms. The molecule has 6 aromatic rings. The summed E-state index contributed by atoms with van der Waals surface area (Å²) in [6.45, 7) is 4.76. The fraction of sp³-hybridized carbons (Fsp3) is 0.0645. The molecule has 3 aromatic heterocycles. The van der Waals surface area contributed by atoms with Crippen LogP contribution in [0.2, 0.25) is 13.1 Å². The van der Waals surface area contributed by atoms with Crippen LogP contribution in [0.4, 0.5) is 0 Å². The van der Waals surface area contributed by atoms with E-state index in [0.29, 0.717) is 0 Å². The Bertz CT molecular complexity index is 1630. The zero-order valence-electron chi connectivity index (χ0n) is 20.0. The molecule has 3 nitrogen and oxygen atoms in total. The van der Waals surface area contributed by atoms with Crippen LogP contribution >= 0.6 is 0 Å². The number of hydrogen-bond donors (Lipinski definition) is 0. The minimum atomic E-state index is -1.86. The first-order valence-corrected chi connectivity index (χ1v) is 14.7. The molecule has 0 amide bonds. The molecule has 0 N–H and O–H groups in total. The van der Waals surface area contributed by atoms with Crippen LogP contribution in [0.15, 0.2) is 104 Å². The summed E-state index contributed by atoms with van der Waals surface area (Å²) in [6.07, 6.45) is 5.56. The molecule has 0 saturated carbocycles. The third-order valence-corrected chi connectivity index (χ3v) is 9.97. The number of rotatable bonds is 1. The summed E-state index contributed by atoms with van der Waals surface area (Å²) in [5.41, 5.74) is 4.15. The van der Waals surface area contributed by atoms with Gasteiger partial charge >= 0.3 is 0 Å². The first-order valence-electron chi connectivity index (χ1n) is 11.7. The van der Waals surface area contributed by atoms with Crippen molar-refractivity contribution in [3.63, 3.8) is 0 Å². The average Bonchev–Trinajstić information content (AvgIpc) is 2.93. The average molecular weight is 658 g/mol. The molecule has 0 atom stereocenters. The molecule has 0 spiro atoms. The first kappa shape index (κ1) is 24.2. The van der Waals surface area contributed by atoms with Crippen molar-refractivity contribution >= 4 is 40.1 Å². The van der Waals surface area contributed by atoms with E-state index in [1.165, 1.54) is 32.0 Å². The summed E-state index contributed by atoms with van der Waals surface area (Å²) >= 11 is 0. The fourth-order valence-corrected chi connectivity index (χ4v) is 7.82. The molecule has 4 heterocycles. The predicted molar refractivity (Wildman–Crippen MR) is 147 cm³/mol. The van der Waals surface area contributed by atoms with Crippen LogP contribution in [-0.2, 0) is 20.1 Å². The van der Waals surface area contributed by atoms with Gasteiger partial charge in [-0.15, -0.1) is 53.6 Å². The fourth-order valence-electron chi connectivity index (χ4n) is 4.96. The van der Waals surface area contributed by atoms with Crippen molar-refractivity contribution in [2.75, 3.05) is 0 Å². The normalized spacial score (nSPS) is 12.7. The summed E-state index contributed by atoms with van der Waals surface area (Å²) < 4.78 is 0. The second-order valence-electron chi connectivity index (χ2n) is 9.16. The van der Waals surface area contributed by atoms with Gasteiger partial charge in [0, 0.05) is 32.5 Å². The van der Waals surface area contributed by atoms with Gasteiger partial charge in [0.25, 0.3) is 0 Å². The summed E-state index contributed by atoms with van der Waals surface area (Å²) in [4.78, 5) is 13.6. The third kappa shape index (κ3) is 4.09. The van der Waals surface area contributed by atoms with E-state index in [1.807, 2.05) is 60.9 Å². The molecule has 0 fully saturated rings. The number of fused-ring (bicyclic) bond motifs is 4. The van der Waals surface area contributed by atoms with Gasteiger partial charge in [-0.2, -0.15) is 0 Å². The van der Waals surface area contributed by atoms with Gasteiger partial charge in [-0.3, -0.25) is 0 Å². The Morgan fingerprint density at radius 3 is 2.33 bits per heavy atom. The van der Waals surface area contributed by atoms with Crippen molar-refractivity contribution in [1.29, 1.82) is 0 Å². The predicted octanol–water partition coefficient (Wildman–Crippen LogP) is 5.93. The Kier molecular flexibility index (Phi) is 6.63. The van der Waals surface area contributed by atoms with Crippen LogP contribution in [0.3, 0.4) is 0 Å². The van der Waals surface area contributed by atoms with Crippen molar-refractivity contribution in [2.24, 2.45) is 0 Å². The summed E-state index contributed by atoms with van der Waals surface area (Å²) in [6, 6.07) is 35.3. The van der Waals surface area contributed by atoms with Gasteiger partial charge < -0.3 is 15.0 Å². The molecule has 3 aromatic carbocycles. The van der Waals surface area contributed by atoms with E-state index in [4.69, 9.17) is 9.97 Å². The maximum absolute atomic E-state index is 4.73. The van der Waals surface area contributed by atoms with E-state index in [2.05, 4.69) is 66.6 Å². The molecular formula is C31H23IrN3Si-2. The maximum atomic E-state index is 4.73. The van der Waals surface area contributed by atoms with E-state index in [-0.39, 0.29) is 20.1 Å². The SMILES string of the molecule is C[Si]1(C)c2ncc[c-]c2-c2nccc3c2c1cc1ccccc13.[Ir].[c-]1ccccc1-c1ccccn1. The van der Waals surface area contributed by atoms with Crippen molar-refractivity contribution in [3.8, 4) is 22.5 Å². The number of hydrogen-bond acceptors (Lipinski definition) is 3. The van der Waals surface area contributed by atoms with Crippen LogP contribution < -0.4 is 10.5 Å². The number of pyridine rings is 3. The van der Waals surface area contributed by atoms with Crippen molar-refractivity contribution in [3.05, 3.63) is 116 Å². The van der Waals surface area contributed by atoms with Gasteiger partial charge in [0.2, 0.25) is 0 Å². The van der Waals surface area contributed by atoms with E-state index in [1.54, 1.807) is 6.20 Å². The molecule has 5 heteroatoms. The second kappa shape index (κ2) is 9.86. The molecule has 1 aliphatic heterocycles. The Labute approximate surface area is 225 Å². The van der Waals surface area contributed by atoms with E-state index in [9.17, 15) is 0 Å². The Hall–Kier alpha value is -3.50. The quantitative estimate of drug-likeness (QED) is 0.125. The molecule has 177 valence electrons. The van der Waals surface area contributed by atoms with Gasteiger partial charge in [0.1, 0.15) is 0 Å². The van der Waals surface area contributed by atoms with Gasteiger partial charge in [-0.05, 0) is 50.4 Å². The standard InChI is InChI=1S/C20H15N2Si.C11H8N.Ir/c1-23(2)17-12-13-6-3-4-7-14(13)15-9-11-21-19(18(15)17)16-8-5-10-22-20(16)23;1-2-6-10(7-3-1)11-8-4-5-9-12-11;/h3-7,9-12H,1-2H3;1-6,8-9H;/q2*-1;. The molecule has 7 rings (SSSR count). The van der Waals surface area contributed by atoms with Crippen molar-refractivity contribution in [1.82, 2.24) is 15.0 Å². The van der Waals surface area contributed by atoms with Crippen LogP contribution in [0.5, 0.6) is 0 Å². The summed E-state index contributed by atoms with van der Waals surface area (Å²) in [7, 11) is -1.86. The smallest absolute Gasteiger partial charge is 0.0876 e. The van der Waals surface area contributed by atoms with E-state index in [0.717, 1.165) is 22.5 Å². The summed E-state index contributed by atoms with van der Waals surface area (Å²) in [5.74, 6) is 0. The zero-order chi connectivity index (χ0) is 23.8. The molecule has 0 aliphatic carbocycles. The van der Waals surface area contributed by atoms with Crippen LogP contribution in [-0.4, -0.2) is 23.0 Å². The van der Waals surface area contributed by atoms with Crippen LogP contribution in [0, 0.1) is 12.1 Å². The molecule has 0 unspecified atom stereocenters. The number of aromatic nitrogens is 3. The van der Waals surface area contributed by atoms with Crippen LogP contribution in [0.25, 0.3) is 44.1 Å². The number of nitrogens with zero attached hydrogens (tertiary/aromatic N) is 3. The third-order valence-electron chi connectivity index (χ3n) is 6.67. The minimum Gasteiger partial charge on any atom is -0.359 e. The molecule has 0 saturated heterocycles.